The molecule has 0 fully saturated rings. The maximum Gasteiger partial charge on any atom is 0.410 e. The van der Waals surface area contributed by atoms with Crippen LogP contribution in [0.4, 0.5) is 4.79 Å². The fourth-order valence-electron chi connectivity index (χ4n) is 3.48. The highest BCUT2D eigenvalue weighted by Crippen LogP contribution is 2.25. The average molecular weight is 542 g/mol. The number of halogens is 1. The van der Waals surface area contributed by atoms with Crippen molar-refractivity contribution in [2.45, 2.75) is 38.9 Å². The van der Waals surface area contributed by atoms with Crippen LogP contribution in [0.1, 0.15) is 38.0 Å². The normalized spacial score (nSPS) is 11.9. The first kappa shape index (κ1) is 28.8. The fraction of sp³-hybridized carbons (Fsp3) is 0.310. The van der Waals surface area contributed by atoms with E-state index in [1.54, 1.807) is 69.3 Å². The highest BCUT2D eigenvalue weighted by Gasteiger charge is 2.24. The van der Waals surface area contributed by atoms with E-state index in [1.165, 1.54) is 4.90 Å². The second-order valence-electron chi connectivity index (χ2n) is 9.65. The van der Waals surface area contributed by atoms with Crippen molar-refractivity contribution in [3.8, 4) is 17.2 Å². The molecule has 3 rings (SSSR count). The first-order chi connectivity index (χ1) is 18.0. The number of aliphatic hydroxyl groups is 1. The van der Waals surface area contributed by atoms with E-state index in [4.69, 9.17) is 30.9 Å². The number of hydrogen-bond acceptors (Lipinski definition) is 6. The lowest BCUT2D eigenvalue weighted by Gasteiger charge is -2.29. The molecule has 0 radical (unpaired) electrons. The second-order valence-corrected chi connectivity index (χ2v) is 10.1. The Labute approximate surface area is 227 Å². The summed E-state index contributed by atoms with van der Waals surface area (Å²) in [7, 11) is 0. The summed E-state index contributed by atoms with van der Waals surface area (Å²) in [5, 5.41) is 19.9. The molecule has 0 saturated carbocycles. The number of carboxylic acids is 1. The molecule has 2 N–H and O–H groups in total. The lowest BCUT2D eigenvalue weighted by atomic mass is 10.1. The van der Waals surface area contributed by atoms with Gasteiger partial charge in [-0.3, -0.25) is 0 Å². The maximum atomic E-state index is 12.9. The van der Waals surface area contributed by atoms with Gasteiger partial charge in [-0.15, -0.1) is 0 Å². The van der Waals surface area contributed by atoms with Gasteiger partial charge < -0.3 is 29.3 Å². The van der Waals surface area contributed by atoms with Crippen LogP contribution in [0.3, 0.4) is 0 Å². The summed E-state index contributed by atoms with van der Waals surface area (Å²) >= 11 is 6.06. The van der Waals surface area contributed by atoms with Crippen molar-refractivity contribution in [2.24, 2.45) is 0 Å². The molecule has 0 heterocycles. The number of carbonyl (C=O) groups excluding carboxylic acids is 1. The molecular weight excluding hydrogens is 510 g/mol. The van der Waals surface area contributed by atoms with Crippen molar-refractivity contribution in [3.63, 3.8) is 0 Å². The van der Waals surface area contributed by atoms with Crippen molar-refractivity contribution in [1.29, 1.82) is 0 Å². The predicted octanol–water partition coefficient (Wildman–Crippen LogP) is 6.11. The Balaban J connectivity index is 1.61. The highest BCUT2D eigenvalue weighted by molar-refractivity contribution is 6.30. The molecule has 3 aromatic carbocycles. The SMILES string of the molecule is CC(C)(C)OC(=O)N(CCc1ccc(Oc2ccc(OCC(=O)O)cc2)cc1)C[C@H](O)c1cccc(Cl)c1. The Hall–Kier alpha value is -3.75. The average Bonchev–Trinajstić information content (AvgIpc) is 2.85. The van der Waals surface area contributed by atoms with E-state index in [0.29, 0.717) is 40.8 Å². The molecular formula is C29H32ClNO7. The Kier molecular flexibility index (Phi) is 9.98. The number of ether oxygens (including phenoxy) is 3. The molecule has 8 nitrogen and oxygen atoms in total. The minimum atomic E-state index is -1.04. The van der Waals surface area contributed by atoms with Crippen molar-refractivity contribution in [1.82, 2.24) is 4.90 Å². The third-order valence-corrected chi connectivity index (χ3v) is 5.53. The number of aliphatic carboxylic acids is 1. The van der Waals surface area contributed by atoms with Gasteiger partial charge in [0.2, 0.25) is 0 Å². The number of carbonyl (C=O) groups is 2. The molecule has 202 valence electrons. The van der Waals surface area contributed by atoms with E-state index in [2.05, 4.69) is 0 Å². The van der Waals surface area contributed by atoms with Gasteiger partial charge >= 0.3 is 12.1 Å². The number of hydrogen-bond donors (Lipinski definition) is 2. The molecule has 0 aliphatic carbocycles. The van der Waals surface area contributed by atoms with Crippen molar-refractivity contribution >= 4 is 23.7 Å². The van der Waals surface area contributed by atoms with Gasteiger partial charge in [0.1, 0.15) is 22.8 Å². The van der Waals surface area contributed by atoms with E-state index < -0.39 is 30.4 Å². The molecule has 0 spiro atoms. The molecule has 0 aliphatic heterocycles. The number of amides is 1. The molecule has 3 aromatic rings. The molecule has 0 aliphatic rings. The van der Waals surface area contributed by atoms with Crippen molar-refractivity contribution in [3.05, 3.63) is 88.9 Å². The first-order valence-corrected chi connectivity index (χ1v) is 12.5. The highest BCUT2D eigenvalue weighted by atomic mass is 35.5. The summed E-state index contributed by atoms with van der Waals surface area (Å²) in [5.74, 6) is 0.585. The minimum absolute atomic E-state index is 0.0582. The Morgan fingerprint density at radius 3 is 2.13 bits per heavy atom. The summed E-state index contributed by atoms with van der Waals surface area (Å²) in [6.45, 7) is 5.38. The van der Waals surface area contributed by atoms with Crippen LogP contribution in [0.15, 0.2) is 72.8 Å². The van der Waals surface area contributed by atoms with Gasteiger partial charge in [-0.05, 0) is 86.8 Å². The van der Waals surface area contributed by atoms with Gasteiger partial charge in [-0.2, -0.15) is 0 Å². The third kappa shape index (κ3) is 9.61. The molecule has 0 saturated heterocycles. The standard InChI is InChI=1S/C29H32ClNO7/c1-29(2,3)38-28(35)31(18-26(32)21-5-4-6-22(30)17-21)16-15-20-7-9-24(10-8-20)37-25-13-11-23(12-14-25)36-19-27(33)34/h4-14,17,26,32H,15-16,18-19H2,1-3H3,(H,33,34)/t26-/m0/s1. The smallest absolute Gasteiger partial charge is 0.410 e. The molecule has 9 heteroatoms. The van der Waals surface area contributed by atoms with Crippen LogP contribution in [0.2, 0.25) is 5.02 Å². The summed E-state index contributed by atoms with van der Waals surface area (Å²) in [4.78, 5) is 25.0. The zero-order chi connectivity index (χ0) is 27.7. The Morgan fingerprint density at radius 2 is 1.55 bits per heavy atom. The molecule has 0 bridgehead atoms. The molecule has 0 unspecified atom stereocenters. The molecule has 1 atom stereocenters. The molecule has 38 heavy (non-hydrogen) atoms. The largest absolute Gasteiger partial charge is 0.482 e. The van der Waals surface area contributed by atoms with Crippen molar-refractivity contribution in [2.75, 3.05) is 19.7 Å². The van der Waals surface area contributed by atoms with Crippen LogP contribution in [-0.2, 0) is 16.0 Å². The van der Waals surface area contributed by atoms with Gasteiger partial charge in [-0.1, -0.05) is 35.9 Å². The zero-order valence-corrected chi connectivity index (χ0v) is 22.4. The topological polar surface area (TPSA) is 106 Å². The second kappa shape index (κ2) is 13.2. The lowest BCUT2D eigenvalue weighted by molar-refractivity contribution is -0.139. The summed E-state index contributed by atoms with van der Waals surface area (Å²) in [5.41, 5.74) is 0.922. The summed E-state index contributed by atoms with van der Waals surface area (Å²) in [6.07, 6.45) is -0.885. The van der Waals surface area contributed by atoms with Gasteiger partial charge in [-0.25, -0.2) is 9.59 Å². The number of aliphatic hydroxyl groups excluding tert-OH is 1. The van der Waals surface area contributed by atoms with Crippen LogP contribution >= 0.6 is 11.6 Å². The number of nitrogens with zero attached hydrogens (tertiary/aromatic N) is 1. The van der Waals surface area contributed by atoms with Crippen LogP contribution < -0.4 is 9.47 Å². The van der Waals surface area contributed by atoms with Crippen LogP contribution in [0.25, 0.3) is 0 Å². The van der Waals surface area contributed by atoms with E-state index in [9.17, 15) is 14.7 Å². The summed E-state index contributed by atoms with van der Waals surface area (Å²) < 4.78 is 16.5. The number of rotatable bonds is 11. The third-order valence-electron chi connectivity index (χ3n) is 5.29. The van der Waals surface area contributed by atoms with Gasteiger partial charge in [0, 0.05) is 11.6 Å². The van der Waals surface area contributed by atoms with Gasteiger partial charge in [0.05, 0.1) is 12.6 Å². The zero-order valence-electron chi connectivity index (χ0n) is 21.6. The monoisotopic (exact) mass is 541 g/mol. The Bertz CT molecular complexity index is 1210. The van der Waals surface area contributed by atoms with Crippen LogP contribution in [0, 0.1) is 0 Å². The quantitative estimate of drug-likeness (QED) is 0.302. The van der Waals surface area contributed by atoms with E-state index in [0.717, 1.165) is 5.56 Å². The van der Waals surface area contributed by atoms with Gasteiger partial charge in [0.25, 0.3) is 0 Å². The summed E-state index contributed by atoms with van der Waals surface area (Å²) in [6, 6.07) is 21.0. The van der Waals surface area contributed by atoms with Gasteiger partial charge in [0.15, 0.2) is 6.61 Å². The predicted molar refractivity (Wildman–Crippen MR) is 144 cm³/mol. The Morgan fingerprint density at radius 1 is 0.947 bits per heavy atom. The van der Waals surface area contributed by atoms with Crippen LogP contribution in [-0.4, -0.2) is 52.5 Å². The first-order valence-electron chi connectivity index (χ1n) is 12.1. The lowest BCUT2D eigenvalue weighted by Crippen LogP contribution is -2.40. The van der Waals surface area contributed by atoms with E-state index >= 15 is 0 Å². The minimum Gasteiger partial charge on any atom is -0.482 e. The molecule has 0 aromatic heterocycles. The number of benzene rings is 3. The number of carboxylic acid groups (broad SMARTS) is 1. The maximum absolute atomic E-state index is 12.9. The van der Waals surface area contributed by atoms with Crippen LogP contribution in [0.5, 0.6) is 17.2 Å². The molecule has 1 amide bonds. The van der Waals surface area contributed by atoms with E-state index in [1.807, 2.05) is 24.3 Å². The van der Waals surface area contributed by atoms with Crippen molar-refractivity contribution < 1.29 is 34.0 Å². The van der Waals surface area contributed by atoms with E-state index in [-0.39, 0.29) is 6.54 Å². The fourth-order valence-corrected chi connectivity index (χ4v) is 3.68.